The van der Waals surface area contributed by atoms with Gasteiger partial charge in [0.1, 0.15) is 6.10 Å². The van der Waals surface area contributed by atoms with Crippen LogP contribution < -0.4 is 5.32 Å². The topological polar surface area (TPSA) is 56.1 Å². The number of aryl methyl sites for hydroxylation is 2. The maximum atomic E-state index is 12.3. The number of hydrogen-bond donors (Lipinski definition) is 1. The van der Waals surface area contributed by atoms with Gasteiger partial charge in [0.2, 0.25) is 0 Å². The molecular weight excluding hydrogens is 286 g/mol. The second-order valence-electron chi connectivity index (χ2n) is 5.45. The van der Waals surface area contributed by atoms with Crippen molar-refractivity contribution >= 4 is 17.2 Å². The number of aromatic nitrogens is 2. The van der Waals surface area contributed by atoms with Crippen molar-refractivity contribution in [2.24, 2.45) is 7.05 Å². The third-order valence-electron chi connectivity index (χ3n) is 3.90. The van der Waals surface area contributed by atoms with Gasteiger partial charge in [-0.2, -0.15) is 11.3 Å². The van der Waals surface area contributed by atoms with Crippen molar-refractivity contribution in [3.63, 3.8) is 0 Å². The van der Waals surface area contributed by atoms with E-state index < -0.39 is 0 Å². The van der Waals surface area contributed by atoms with Crippen molar-refractivity contribution in [1.29, 1.82) is 0 Å². The standard InChI is InChI=1S/C15H19N3O2S/c1-10-7-21-8-12(10)15(19)17-11-3-4-20-14(5-11)13-6-16-9-18(13)2/h6-9,11,14H,3-5H2,1-2H3,(H,17,19)/t11-,14+/m0/s1. The quantitative estimate of drug-likeness (QED) is 0.947. The Hall–Kier alpha value is -1.66. The fourth-order valence-corrected chi connectivity index (χ4v) is 3.50. The van der Waals surface area contributed by atoms with E-state index in [1.807, 2.05) is 35.5 Å². The van der Waals surface area contributed by atoms with Gasteiger partial charge in [0.15, 0.2) is 0 Å². The molecule has 6 heteroatoms. The second-order valence-corrected chi connectivity index (χ2v) is 6.20. The van der Waals surface area contributed by atoms with E-state index in [-0.39, 0.29) is 18.1 Å². The molecule has 0 bridgehead atoms. The van der Waals surface area contributed by atoms with Gasteiger partial charge in [0, 0.05) is 25.1 Å². The lowest BCUT2D eigenvalue weighted by Gasteiger charge is -2.30. The zero-order chi connectivity index (χ0) is 14.8. The average Bonchev–Trinajstić information content (AvgIpc) is 3.07. The van der Waals surface area contributed by atoms with Gasteiger partial charge in [-0.3, -0.25) is 4.79 Å². The molecule has 1 N–H and O–H groups in total. The SMILES string of the molecule is Cc1cscc1C(=O)N[C@H]1CCO[C@@H](c2cncn2C)C1. The summed E-state index contributed by atoms with van der Waals surface area (Å²) in [6, 6.07) is 0.144. The van der Waals surface area contributed by atoms with Crippen LogP contribution in [0, 0.1) is 6.92 Å². The van der Waals surface area contributed by atoms with E-state index >= 15 is 0 Å². The maximum Gasteiger partial charge on any atom is 0.252 e. The van der Waals surface area contributed by atoms with Crippen LogP contribution in [0.15, 0.2) is 23.3 Å². The Labute approximate surface area is 128 Å². The lowest BCUT2D eigenvalue weighted by atomic mass is 10.0. The highest BCUT2D eigenvalue weighted by molar-refractivity contribution is 7.08. The van der Waals surface area contributed by atoms with E-state index in [2.05, 4.69) is 10.3 Å². The Bertz CT molecular complexity index is 634. The highest BCUT2D eigenvalue weighted by atomic mass is 32.1. The van der Waals surface area contributed by atoms with Crippen LogP contribution in [0.5, 0.6) is 0 Å². The van der Waals surface area contributed by atoms with Crippen molar-refractivity contribution in [3.8, 4) is 0 Å². The average molecular weight is 305 g/mol. The predicted molar refractivity (Wildman–Crippen MR) is 81.4 cm³/mol. The number of carbonyl (C=O) groups is 1. The van der Waals surface area contributed by atoms with Crippen molar-refractivity contribution in [1.82, 2.24) is 14.9 Å². The van der Waals surface area contributed by atoms with E-state index in [9.17, 15) is 4.79 Å². The third kappa shape index (κ3) is 3.01. The minimum absolute atomic E-state index is 0.000113. The van der Waals surface area contributed by atoms with Gasteiger partial charge in [-0.05, 0) is 30.7 Å². The first kappa shape index (κ1) is 14.3. The van der Waals surface area contributed by atoms with Crippen LogP contribution >= 0.6 is 11.3 Å². The number of hydrogen-bond acceptors (Lipinski definition) is 4. The summed E-state index contributed by atoms with van der Waals surface area (Å²) in [5.74, 6) is 0.0180. The molecule has 1 aliphatic heterocycles. The molecule has 1 amide bonds. The van der Waals surface area contributed by atoms with Crippen LogP contribution in [-0.4, -0.2) is 28.1 Å². The van der Waals surface area contributed by atoms with Crippen LogP contribution in [0.25, 0.3) is 0 Å². The molecule has 1 aliphatic rings. The first-order valence-electron chi connectivity index (χ1n) is 7.06. The van der Waals surface area contributed by atoms with Gasteiger partial charge in [-0.1, -0.05) is 0 Å². The summed E-state index contributed by atoms with van der Waals surface area (Å²) in [5, 5.41) is 7.03. The number of nitrogens with one attached hydrogen (secondary N) is 1. The molecular formula is C15H19N3O2S. The summed E-state index contributed by atoms with van der Waals surface area (Å²) in [4.78, 5) is 16.4. The fraction of sp³-hybridized carbons (Fsp3) is 0.467. The zero-order valence-corrected chi connectivity index (χ0v) is 13.0. The van der Waals surface area contributed by atoms with Gasteiger partial charge in [0.05, 0.1) is 23.8 Å². The number of amides is 1. The van der Waals surface area contributed by atoms with E-state index in [1.165, 1.54) is 0 Å². The first-order valence-corrected chi connectivity index (χ1v) is 8.01. The molecule has 3 rings (SSSR count). The summed E-state index contributed by atoms with van der Waals surface area (Å²) in [6.07, 6.45) is 5.24. The van der Waals surface area contributed by atoms with Crippen LogP contribution in [-0.2, 0) is 11.8 Å². The van der Waals surface area contributed by atoms with Gasteiger partial charge in [-0.15, -0.1) is 0 Å². The summed E-state index contributed by atoms with van der Waals surface area (Å²) >= 11 is 1.56. The van der Waals surface area contributed by atoms with E-state index in [0.717, 1.165) is 29.7 Å². The Balaban J connectivity index is 1.66. The molecule has 2 aromatic heterocycles. The minimum atomic E-state index is 0.000113. The number of imidazole rings is 1. The fourth-order valence-electron chi connectivity index (χ4n) is 2.67. The second kappa shape index (κ2) is 5.99. The Morgan fingerprint density at radius 2 is 2.38 bits per heavy atom. The van der Waals surface area contributed by atoms with Crippen molar-refractivity contribution in [2.75, 3.05) is 6.61 Å². The molecule has 0 radical (unpaired) electrons. The molecule has 0 aromatic carbocycles. The lowest BCUT2D eigenvalue weighted by Crippen LogP contribution is -2.40. The number of thiophene rings is 1. The lowest BCUT2D eigenvalue weighted by molar-refractivity contribution is -0.00301. The Morgan fingerprint density at radius 3 is 3.05 bits per heavy atom. The van der Waals surface area contributed by atoms with Crippen molar-refractivity contribution in [2.45, 2.75) is 31.9 Å². The molecule has 0 unspecified atom stereocenters. The highest BCUT2D eigenvalue weighted by Gasteiger charge is 2.27. The number of carbonyl (C=O) groups excluding carboxylic acids is 1. The molecule has 5 nitrogen and oxygen atoms in total. The maximum absolute atomic E-state index is 12.3. The normalized spacial score (nSPS) is 22.2. The van der Waals surface area contributed by atoms with Crippen LogP contribution in [0.4, 0.5) is 0 Å². The highest BCUT2D eigenvalue weighted by Crippen LogP contribution is 2.28. The monoisotopic (exact) mass is 305 g/mol. The summed E-state index contributed by atoms with van der Waals surface area (Å²) in [7, 11) is 1.96. The summed E-state index contributed by atoms with van der Waals surface area (Å²) < 4.78 is 7.79. The molecule has 112 valence electrons. The minimum Gasteiger partial charge on any atom is -0.372 e. The smallest absolute Gasteiger partial charge is 0.252 e. The molecule has 1 saturated heterocycles. The van der Waals surface area contributed by atoms with Crippen molar-refractivity contribution < 1.29 is 9.53 Å². The van der Waals surface area contributed by atoms with E-state index in [4.69, 9.17) is 4.74 Å². The van der Waals surface area contributed by atoms with Gasteiger partial charge < -0.3 is 14.6 Å². The van der Waals surface area contributed by atoms with E-state index in [1.54, 1.807) is 17.7 Å². The predicted octanol–water partition coefficient (Wildman–Crippen LogP) is 2.44. The molecule has 21 heavy (non-hydrogen) atoms. The Morgan fingerprint density at radius 1 is 1.52 bits per heavy atom. The van der Waals surface area contributed by atoms with Crippen LogP contribution in [0.3, 0.4) is 0 Å². The third-order valence-corrected chi connectivity index (χ3v) is 4.76. The first-order chi connectivity index (χ1) is 10.1. The molecule has 2 atom stereocenters. The molecule has 0 saturated carbocycles. The summed E-state index contributed by atoms with van der Waals surface area (Å²) in [6.45, 7) is 2.62. The number of rotatable bonds is 3. The molecule has 0 aliphatic carbocycles. The molecule has 3 heterocycles. The molecule has 0 spiro atoms. The van der Waals surface area contributed by atoms with Gasteiger partial charge in [-0.25, -0.2) is 4.98 Å². The molecule has 1 fully saturated rings. The van der Waals surface area contributed by atoms with Gasteiger partial charge >= 0.3 is 0 Å². The van der Waals surface area contributed by atoms with Crippen LogP contribution in [0.1, 0.15) is 40.6 Å². The summed E-state index contributed by atoms with van der Waals surface area (Å²) in [5.41, 5.74) is 2.87. The van der Waals surface area contributed by atoms with Crippen LogP contribution in [0.2, 0.25) is 0 Å². The van der Waals surface area contributed by atoms with Gasteiger partial charge in [0.25, 0.3) is 5.91 Å². The van der Waals surface area contributed by atoms with Crippen molar-refractivity contribution in [3.05, 3.63) is 40.1 Å². The van der Waals surface area contributed by atoms with E-state index in [0.29, 0.717) is 6.61 Å². The Kier molecular flexibility index (Phi) is 4.07. The molecule has 2 aromatic rings. The largest absolute Gasteiger partial charge is 0.372 e. The number of nitrogens with zero attached hydrogens (tertiary/aromatic N) is 2. The number of ether oxygens (including phenoxy) is 1. The zero-order valence-electron chi connectivity index (χ0n) is 12.2.